The van der Waals surface area contributed by atoms with E-state index in [9.17, 15) is 9.59 Å². The quantitative estimate of drug-likeness (QED) is 0.622. The van der Waals surface area contributed by atoms with Crippen molar-refractivity contribution in [2.75, 3.05) is 6.54 Å². The maximum absolute atomic E-state index is 11.8. The number of carbonyl (C=O) groups is 2. The Labute approximate surface area is 81.5 Å². The Bertz CT molecular complexity index is 380. The first-order valence-corrected chi connectivity index (χ1v) is 4.59. The van der Waals surface area contributed by atoms with E-state index in [0.29, 0.717) is 17.9 Å². The number of imide groups is 1. The van der Waals surface area contributed by atoms with Gasteiger partial charge in [0.2, 0.25) is 5.91 Å². The van der Waals surface area contributed by atoms with Gasteiger partial charge in [-0.2, -0.15) is 0 Å². The molecular weight excluding hydrogens is 182 g/mol. The largest absolute Gasteiger partial charge is 0.469 e. The summed E-state index contributed by atoms with van der Waals surface area (Å²) >= 11 is 0. The SMILES string of the molecule is CC(=O)N1CCCc2occc2C1=O. The van der Waals surface area contributed by atoms with E-state index in [4.69, 9.17) is 4.42 Å². The fraction of sp³-hybridized carbons (Fsp3) is 0.400. The Balaban J connectivity index is 2.38. The summed E-state index contributed by atoms with van der Waals surface area (Å²) in [5, 5.41) is 0. The normalized spacial score (nSPS) is 16.4. The zero-order valence-electron chi connectivity index (χ0n) is 7.95. The molecule has 4 heteroatoms. The lowest BCUT2D eigenvalue weighted by molar-refractivity contribution is -0.126. The van der Waals surface area contributed by atoms with Crippen LogP contribution in [-0.2, 0) is 11.2 Å². The zero-order chi connectivity index (χ0) is 10.1. The van der Waals surface area contributed by atoms with Gasteiger partial charge in [0.1, 0.15) is 5.76 Å². The summed E-state index contributed by atoms with van der Waals surface area (Å²) in [5.41, 5.74) is 0.526. The number of aryl methyl sites for hydroxylation is 1. The van der Waals surface area contributed by atoms with Crippen molar-refractivity contribution < 1.29 is 14.0 Å². The van der Waals surface area contributed by atoms with Gasteiger partial charge in [0.05, 0.1) is 11.8 Å². The monoisotopic (exact) mass is 193 g/mol. The van der Waals surface area contributed by atoms with Crippen molar-refractivity contribution in [3.8, 4) is 0 Å². The highest BCUT2D eigenvalue weighted by Gasteiger charge is 2.26. The molecule has 0 bridgehead atoms. The van der Waals surface area contributed by atoms with Crippen LogP contribution < -0.4 is 0 Å². The van der Waals surface area contributed by atoms with Crippen LogP contribution >= 0.6 is 0 Å². The highest BCUT2D eigenvalue weighted by atomic mass is 16.3. The van der Waals surface area contributed by atoms with Gasteiger partial charge in [-0.05, 0) is 12.5 Å². The lowest BCUT2D eigenvalue weighted by Crippen LogP contribution is -2.34. The number of hydrogen-bond acceptors (Lipinski definition) is 3. The third-order valence-corrected chi connectivity index (χ3v) is 2.39. The molecule has 1 aromatic heterocycles. The molecule has 0 saturated carbocycles. The van der Waals surface area contributed by atoms with Crippen molar-refractivity contribution in [3.63, 3.8) is 0 Å². The molecular formula is C10H11NO3. The molecule has 0 N–H and O–H groups in total. The summed E-state index contributed by atoms with van der Waals surface area (Å²) < 4.78 is 5.18. The van der Waals surface area contributed by atoms with Crippen molar-refractivity contribution in [2.45, 2.75) is 19.8 Å². The molecule has 0 atom stereocenters. The summed E-state index contributed by atoms with van der Waals surface area (Å²) in [7, 11) is 0. The number of furan rings is 1. The first kappa shape index (κ1) is 8.99. The fourth-order valence-electron chi connectivity index (χ4n) is 1.67. The molecule has 0 aromatic carbocycles. The molecule has 1 aliphatic rings. The molecule has 0 radical (unpaired) electrons. The molecule has 0 aliphatic carbocycles. The van der Waals surface area contributed by atoms with Gasteiger partial charge < -0.3 is 4.42 Å². The molecule has 2 amide bonds. The van der Waals surface area contributed by atoms with Crippen LogP contribution in [0.3, 0.4) is 0 Å². The Morgan fingerprint density at radius 3 is 3.07 bits per heavy atom. The Morgan fingerprint density at radius 1 is 1.57 bits per heavy atom. The van der Waals surface area contributed by atoms with E-state index in [1.54, 1.807) is 6.07 Å². The fourth-order valence-corrected chi connectivity index (χ4v) is 1.67. The number of nitrogens with zero attached hydrogens (tertiary/aromatic N) is 1. The predicted molar refractivity (Wildman–Crippen MR) is 48.7 cm³/mol. The van der Waals surface area contributed by atoms with E-state index in [2.05, 4.69) is 0 Å². The summed E-state index contributed by atoms with van der Waals surface area (Å²) in [6.07, 6.45) is 2.98. The Morgan fingerprint density at radius 2 is 2.36 bits per heavy atom. The van der Waals surface area contributed by atoms with Crippen LogP contribution in [-0.4, -0.2) is 23.3 Å². The van der Waals surface area contributed by atoms with Gasteiger partial charge >= 0.3 is 0 Å². The van der Waals surface area contributed by atoms with Crippen LogP contribution in [0.15, 0.2) is 16.7 Å². The number of amides is 2. The van der Waals surface area contributed by atoms with Gasteiger partial charge in [-0.25, -0.2) is 0 Å². The number of fused-ring (bicyclic) bond motifs is 1. The number of carbonyl (C=O) groups excluding carboxylic acids is 2. The van der Waals surface area contributed by atoms with Crippen molar-refractivity contribution in [3.05, 3.63) is 23.7 Å². The van der Waals surface area contributed by atoms with Gasteiger partial charge in [0, 0.05) is 19.9 Å². The average Bonchev–Trinajstić information content (AvgIpc) is 2.53. The van der Waals surface area contributed by atoms with Crippen LogP contribution in [0, 0.1) is 0 Å². The maximum Gasteiger partial charge on any atom is 0.263 e. The van der Waals surface area contributed by atoms with Crippen molar-refractivity contribution >= 4 is 11.8 Å². The highest BCUT2D eigenvalue weighted by Crippen LogP contribution is 2.19. The summed E-state index contributed by atoms with van der Waals surface area (Å²) in [5.74, 6) is 0.251. The summed E-state index contributed by atoms with van der Waals surface area (Å²) in [4.78, 5) is 24.2. The minimum absolute atomic E-state index is 0.205. The van der Waals surface area contributed by atoms with Gasteiger partial charge in [-0.15, -0.1) is 0 Å². The molecule has 2 heterocycles. The molecule has 0 unspecified atom stereocenters. The molecule has 1 aliphatic heterocycles. The average molecular weight is 193 g/mol. The van der Waals surface area contributed by atoms with Crippen molar-refractivity contribution in [2.24, 2.45) is 0 Å². The molecule has 14 heavy (non-hydrogen) atoms. The van der Waals surface area contributed by atoms with E-state index in [1.807, 2.05) is 0 Å². The van der Waals surface area contributed by atoms with E-state index >= 15 is 0 Å². The lowest BCUT2D eigenvalue weighted by atomic mass is 10.2. The summed E-state index contributed by atoms with van der Waals surface area (Å²) in [6.45, 7) is 1.89. The van der Waals surface area contributed by atoms with Gasteiger partial charge in [-0.1, -0.05) is 0 Å². The molecule has 0 saturated heterocycles. The van der Waals surface area contributed by atoms with Gasteiger partial charge in [-0.3, -0.25) is 14.5 Å². The number of rotatable bonds is 0. The first-order chi connectivity index (χ1) is 6.70. The molecule has 74 valence electrons. The number of hydrogen-bond donors (Lipinski definition) is 0. The molecule has 2 rings (SSSR count). The Hall–Kier alpha value is -1.58. The van der Waals surface area contributed by atoms with Crippen LogP contribution in [0.1, 0.15) is 29.5 Å². The third-order valence-electron chi connectivity index (χ3n) is 2.39. The van der Waals surface area contributed by atoms with E-state index < -0.39 is 0 Å². The van der Waals surface area contributed by atoms with Crippen molar-refractivity contribution in [1.29, 1.82) is 0 Å². The van der Waals surface area contributed by atoms with Crippen LogP contribution in [0.2, 0.25) is 0 Å². The van der Waals surface area contributed by atoms with Crippen LogP contribution in [0.25, 0.3) is 0 Å². The second-order valence-electron chi connectivity index (χ2n) is 3.34. The molecule has 4 nitrogen and oxygen atoms in total. The van der Waals surface area contributed by atoms with Crippen LogP contribution in [0.5, 0.6) is 0 Å². The second-order valence-corrected chi connectivity index (χ2v) is 3.34. The molecule has 1 aromatic rings. The highest BCUT2D eigenvalue weighted by molar-refractivity contribution is 6.04. The zero-order valence-corrected chi connectivity index (χ0v) is 7.95. The standard InChI is InChI=1S/C10H11NO3/c1-7(12)11-5-2-3-9-8(10(11)13)4-6-14-9/h4,6H,2-3,5H2,1H3. The Kier molecular flexibility index (Phi) is 2.11. The molecule has 0 fully saturated rings. The van der Waals surface area contributed by atoms with Crippen molar-refractivity contribution in [1.82, 2.24) is 4.90 Å². The molecule has 0 spiro atoms. The topological polar surface area (TPSA) is 50.5 Å². The summed E-state index contributed by atoms with van der Waals surface area (Å²) in [6, 6.07) is 1.62. The third kappa shape index (κ3) is 1.32. The van der Waals surface area contributed by atoms with E-state index in [0.717, 1.165) is 12.8 Å². The van der Waals surface area contributed by atoms with Gasteiger partial charge in [0.15, 0.2) is 0 Å². The van der Waals surface area contributed by atoms with E-state index in [1.165, 1.54) is 18.1 Å². The first-order valence-electron chi connectivity index (χ1n) is 4.59. The maximum atomic E-state index is 11.8. The van der Waals surface area contributed by atoms with E-state index in [-0.39, 0.29) is 11.8 Å². The van der Waals surface area contributed by atoms with Crippen LogP contribution in [0.4, 0.5) is 0 Å². The smallest absolute Gasteiger partial charge is 0.263 e. The lowest BCUT2D eigenvalue weighted by Gasteiger charge is -2.15. The predicted octanol–water partition coefficient (Wildman–Crippen LogP) is 1.21. The van der Waals surface area contributed by atoms with Gasteiger partial charge in [0.25, 0.3) is 5.91 Å². The minimum Gasteiger partial charge on any atom is -0.469 e. The minimum atomic E-state index is -0.237. The second kappa shape index (κ2) is 3.29.